The molecule has 0 saturated heterocycles. The minimum atomic E-state index is 0.0516. The van der Waals surface area contributed by atoms with Crippen molar-refractivity contribution in [2.45, 2.75) is 45.2 Å². The molecule has 0 aliphatic rings. The quantitative estimate of drug-likeness (QED) is 0.833. The van der Waals surface area contributed by atoms with Crippen LogP contribution in [0.15, 0.2) is 18.5 Å². The number of carbonyl (C=O) groups is 1. The Morgan fingerprint density at radius 2 is 2.35 bits per heavy atom. The highest BCUT2D eigenvalue weighted by Crippen LogP contribution is 2.16. The van der Waals surface area contributed by atoms with E-state index in [0.29, 0.717) is 18.8 Å². The number of hydrogen-bond acceptors (Lipinski definition) is 3. The molecule has 0 radical (unpaired) electrons. The Morgan fingerprint density at radius 1 is 1.55 bits per heavy atom. The van der Waals surface area contributed by atoms with E-state index in [4.69, 9.17) is 11.6 Å². The number of hydrogen-bond donors (Lipinski definition) is 1. The van der Waals surface area contributed by atoms with Crippen LogP contribution in [0.1, 0.15) is 32.5 Å². The first-order chi connectivity index (χ1) is 9.65. The number of pyridine rings is 1. The fraction of sp³-hybridized carbons (Fsp3) is 0.500. The Morgan fingerprint density at radius 3 is 3.05 bits per heavy atom. The number of fused-ring (bicyclic) bond motifs is 1. The molecule has 2 heterocycles. The predicted octanol–water partition coefficient (Wildman–Crippen LogP) is 2.47. The highest BCUT2D eigenvalue weighted by Gasteiger charge is 2.12. The van der Waals surface area contributed by atoms with Gasteiger partial charge in [-0.05, 0) is 19.4 Å². The lowest BCUT2D eigenvalue weighted by Crippen LogP contribution is -2.32. The zero-order valence-electron chi connectivity index (χ0n) is 11.8. The molecule has 2 rings (SSSR count). The van der Waals surface area contributed by atoms with Crippen LogP contribution in [0.2, 0.25) is 0 Å². The summed E-state index contributed by atoms with van der Waals surface area (Å²) in [5.41, 5.74) is 1.78. The van der Waals surface area contributed by atoms with Gasteiger partial charge in [-0.2, -0.15) is 0 Å². The Balaban J connectivity index is 2.11. The van der Waals surface area contributed by atoms with Crippen molar-refractivity contribution < 1.29 is 4.79 Å². The third-order valence-corrected chi connectivity index (χ3v) is 3.57. The van der Waals surface area contributed by atoms with Gasteiger partial charge < -0.3 is 9.88 Å². The van der Waals surface area contributed by atoms with Crippen LogP contribution in [-0.2, 0) is 17.2 Å². The van der Waals surface area contributed by atoms with Crippen molar-refractivity contribution in [2.24, 2.45) is 0 Å². The zero-order valence-corrected chi connectivity index (χ0v) is 12.5. The second kappa shape index (κ2) is 6.70. The fourth-order valence-corrected chi connectivity index (χ4v) is 2.25. The summed E-state index contributed by atoms with van der Waals surface area (Å²) in [5, 5.41) is 2.96. The first-order valence-corrected chi connectivity index (χ1v) is 7.33. The molecule has 0 aliphatic carbocycles. The van der Waals surface area contributed by atoms with Crippen LogP contribution in [0.4, 0.5) is 0 Å². The molecule has 0 aliphatic heterocycles. The summed E-state index contributed by atoms with van der Waals surface area (Å²) < 4.78 is 1.99. The van der Waals surface area contributed by atoms with E-state index in [0.717, 1.165) is 23.3 Å². The van der Waals surface area contributed by atoms with E-state index in [1.165, 1.54) is 0 Å². The second-order valence-electron chi connectivity index (χ2n) is 4.80. The number of nitrogens with one attached hydrogen (secondary N) is 1. The highest BCUT2D eigenvalue weighted by atomic mass is 35.5. The van der Waals surface area contributed by atoms with E-state index in [1.807, 2.05) is 24.5 Å². The molecular weight excluding hydrogens is 276 g/mol. The van der Waals surface area contributed by atoms with E-state index in [1.54, 1.807) is 12.4 Å². The molecule has 6 heteroatoms. The molecule has 2 aromatic heterocycles. The van der Waals surface area contributed by atoms with Crippen LogP contribution >= 0.6 is 11.6 Å². The van der Waals surface area contributed by atoms with Gasteiger partial charge in [0, 0.05) is 25.2 Å². The van der Waals surface area contributed by atoms with Gasteiger partial charge in [0.15, 0.2) is 0 Å². The summed E-state index contributed by atoms with van der Waals surface area (Å²) in [7, 11) is 0. The molecule has 108 valence electrons. The lowest BCUT2D eigenvalue weighted by molar-refractivity contribution is -0.121. The molecule has 2 aromatic rings. The summed E-state index contributed by atoms with van der Waals surface area (Å²) in [5.74, 6) is 1.14. The molecular formula is C14H19ClN4O. The second-order valence-corrected chi connectivity index (χ2v) is 5.07. The molecule has 0 bridgehead atoms. The predicted molar refractivity (Wildman–Crippen MR) is 79.6 cm³/mol. The number of aromatic nitrogens is 3. The van der Waals surface area contributed by atoms with Crippen LogP contribution in [-0.4, -0.2) is 26.5 Å². The molecule has 1 unspecified atom stereocenters. The van der Waals surface area contributed by atoms with Crippen molar-refractivity contribution in [1.29, 1.82) is 0 Å². The van der Waals surface area contributed by atoms with Gasteiger partial charge in [-0.25, -0.2) is 4.98 Å². The van der Waals surface area contributed by atoms with E-state index < -0.39 is 0 Å². The third-order valence-electron chi connectivity index (χ3n) is 3.33. The number of nitrogens with zero attached hydrogens (tertiary/aromatic N) is 3. The Kier molecular flexibility index (Phi) is 4.95. The van der Waals surface area contributed by atoms with Gasteiger partial charge in [0.1, 0.15) is 11.3 Å². The van der Waals surface area contributed by atoms with Crippen molar-refractivity contribution in [1.82, 2.24) is 19.9 Å². The van der Waals surface area contributed by atoms with Crippen LogP contribution in [0.25, 0.3) is 11.0 Å². The van der Waals surface area contributed by atoms with Gasteiger partial charge in [-0.3, -0.25) is 9.78 Å². The summed E-state index contributed by atoms with van der Waals surface area (Å²) in [6.07, 6.45) is 4.78. The van der Waals surface area contributed by atoms with Crippen LogP contribution < -0.4 is 5.32 Å². The fourth-order valence-electron chi connectivity index (χ4n) is 2.05. The van der Waals surface area contributed by atoms with Crippen LogP contribution in [0.3, 0.4) is 0 Å². The average Bonchev–Trinajstić information content (AvgIpc) is 2.82. The number of imidazole rings is 1. The summed E-state index contributed by atoms with van der Waals surface area (Å²) >= 11 is 5.92. The van der Waals surface area contributed by atoms with Gasteiger partial charge in [0.05, 0.1) is 17.6 Å². The Labute approximate surface area is 123 Å². The first-order valence-electron chi connectivity index (χ1n) is 6.80. The van der Waals surface area contributed by atoms with E-state index in [2.05, 4.69) is 15.3 Å². The van der Waals surface area contributed by atoms with Crippen molar-refractivity contribution in [3.63, 3.8) is 0 Å². The summed E-state index contributed by atoms with van der Waals surface area (Å²) in [6, 6.07) is 2.10. The van der Waals surface area contributed by atoms with Gasteiger partial charge in [0.25, 0.3) is 0 Å². The number of halogens is 1. The standard InChI is InChI=1S/C14H19ClN4O/c1-3-10(2)17-14(20)5-7-19-12-4-6-16-9-11(12)18-13(19)8-15/h4,6,9-10H,3,5,7-8H2,1-2H3,(H,17,20). The van der Waals surface area contributed by atoms with Gasteiger partial charge >= 0.3 is 0 Å². The molecule has 20 heavy (non-hydrogen) atoms. The largest absolute Gasteiger partial charge is 0.354 e. The highest BCUT2D eigenvalue weighted by molar-refractivity contribution is 6.16. The molecule has 5 nitrogen and oxygen atoms in total. The number of aryl methyl sites for hydroxylation is 1. The molecule has 1 N–H and O–H groups in total. The SMILES string of the molecule is CCC(C)NC(=O)CCn1c(CCl)nc2cnccc21. The maximum atomic E-state index is 11.9. The van der Waals surface area contributed by atoms with Gasteiger partial charge in [-0.15, -0.1) is 11.6 Å². The lowest BCUT2D eigenvalue weighted by atomic mass is 10.2. The van der Waals surface area contributed by atoms with E-state index >= 15 is 0 Å². The number of rotatable bonds is 6. The molecule has 1 amide bonds. The normalized spacial score (nSPS) is 12.6. The van der Waals surface area contributed by atoms with Crippen molar-refractivity contribution >= 4 is 28.5 Å². The lowest BCUT2D eigenvalue weighted by Gasteiger charge is -2.12. The maximum Gasteiger partial charge on any atom is 0.221 e. The minimum Gasteiger partial charge on any atom is -0.354 e. The molecule has 0 fully saturated rings. The van der Waals surface area contributed by atoms with E-state index in [9.17, 15) is 4.79 Å². The van der Waals surface area contributed by atoms with Gasteiger partial charge in [0.2, 0.25) is 5.91 Å². The average molecular weight is 295 g/mol. The smallest absolute Gasteiger partial charge is 0.221 e. The Hall–Kier alpha value is -1.62. The maximum absolute atomic E-state index is 11.9. The monoisotopic (exact) mass is 294 g/mol. The van der Waals surface area contributed by atoms with Crippen molar-refractivity contribution in [3.8, 4) is 0 Å². The summed E-state index contributed by atoms with van der Waals surface area (Å²) in [4.78, 5) is 20.3. The minimum absolute atomic E-state index is 0.0516. The topological polar surface area (TPSA) is 59.8 Å². The summed E-state index contributed by atoms with van der Waals surface area (Å²) in [6.45, 7) is 4.62. The number of amides is 1. The molecule has 0 saturated carbocycles. The van der Waals surface area contributed by atoms with Crippen molar-refractivity contribution in [3.05, 3.63) is 24.3 Å². The number of alkyl halides is 1. The first kappa shape index (κ1) is 14.8. The Bertz CT molecular complexity index is 596. The number of carbonyl (C=O) groups excluding carboxylic acids is 1. The van der Waals surface area contributed by atoms with Gasteiger partial charge in [-0.1, -0.05) is 6.92 Å². The van der Waals surface area contributed by atoms with E-state index in [-0.39, 0.29) is 11.9 Å². The molecule has 0 aromatic carbocycles. The van der Waals surface area contributed by atoms with Crippen LogP contribution in [0, 0.1) is 0 Å². The third kappa shape index (κ3) is 3.28. The zero-order chi connectivity index (χ0) is 14.5. The molecule has 0 spiro atoms. The van der Waals surface area contributed by atoms with Crippen LogP contribution in [0.5, 0.6) is 0 Å². The molecule has 1 atom stereocenters. The van der Waals surface area contributed by atoms with Crippen molar-refractivity contribution in [2.75, 3.05) is 0 Å².